The van der Waals surface area contributed by atoms with Gasteiger partial charge in [0.15, 0.2) is 11.6 Å². The Bertz CT molecular complexity index is 3110. The molecule has 0 aliphatic carbocycles. The Morgan fingerprint density at radius 2 is 1.35 bits per heavy atom. The Kier molecular flexibility index (Phi) is 6.39. The van der Waals surface area contributed by atoms with Gasteiger partial charge in [-0.05, 0) is 46.5 Å². The van der Waals surface area contributed by atoms with Gasteiger partial charge < -0.3 is 15.1 Å². The van der Waals surface area contributed by atoms with Crippen LogP contribution in [-0.4, -0.2) is 44.8 Å². The molecule has 12 nitrogen and oxygen atoms in total. The van der Waals surface area contributed by atoms with Gasteiger partial charge in [0.2, 0.25) is 0 Å². The van der Waals surface area contributed by atoms with Gasteiger partial charge >= 0.3 is 0 Å². The van der Waals surface area contributed by atoms with Crippen LogP contribution >= 0.6 is 0 Å². The van der Waals surface area contributed by atoms with Gasteiger partial charge in [0.05, 0.1) is 33.8 Å². The predicted molar refractivity (Wildman–Crippen MR) is 199 cm³/mol. The summed E-state index contributed by atoms with van der Waals surface area (Å²) in [5.74, 6) is 1.37. The van der Waals surface area contributed by atoms with Crippen molar-refractivity contribution in [3.8, 4) is 40.5 Å². The van der Waals surface area contributed by atoms with Crippen molar-refractivity contribution in [1.29, 1.82) is 5.26 Å². The monoisotopic (exact) mass is 673 g/mol. The Morgan fingerprint density at radius 3 is 2.06 bits per heavy atom. The molecule has 0 aliphatic rings. The maximum atomic E-state index is 12.0. The largest absolute Gasteiger partial charge is 0.505 e. The number of azo groups is 1. The second-order valence-electron chi connectivity index (χ2n) is 12.2. The van der Waals surface area contributed by atoms with Gasteiger partial charge in [-0.25, -0.2) is 19.9 Å². The molecule has 244 valence electrons. The highest BCUT2D eigenvalue weighted by Crippen LogP contribution is 2.45. The van der Waals surface area contributed by atoms with E-state index in [1.54, 1.807) is 18.5 Å². The van der Waals surface area contributed by atoms with Crippen LogP contribution in [0.25, 0.3) is 83.1 Å². The van der Waals surface area contributed by atoms with E-state index >= 15 is 0 Å². The Balaban J connectivity index is 1.18. The van der Waals surface area contributed by atoms with Gasteiger partial charge in [0.25, 0.3) is 5.95 Å². The van der Waals surface area contributed by atoms with E-state index < -0.39 is 0 Å². The first-order valence-corrected chi connectivity index (χ1v) is 16.4. The first kappa shape index (κ1) is 29.2. The lowest BCUT2D eigenvalue weighted by Gasteiger charge is -2.10. The molecule has 0 atom stereocenters. The molecule has 0 fully saturated rings. The average molecular weight is 674 g/mol. The smallest absolute Gasteiger partial charge is 0.252 e. The van der Waals surface area contributed by atoms with Gasteiger partial charge in [-0.1, -0.05) is 72.8 Å². The Morgan fingerprint density at radius 1 is 0.673 bits per heavy atom. The third-order valence-electron chi connectivity index (χ3n) is 9.22. The summed E-state index contributed by atoms with van der Waals surface area (Å²) in [6.07, 6.45) is 4.51. The van der Waals surface area contributed by atoms with Crippen LogP contribution in [0.4, 0.5) is 11.5 Å². The van der Waals surface area contributed by atoms with Crippen LogP contribution in [0.3, 0.4) is 0 Å². The van der Waals surface area contributed by atoms with Crippen molar-refractivity contribution in [2.75, 3.05) is 0 Å². The second-order valence-corrected chi connectivity index (χ2v) is 12.2. The number of aromatic hydroxyl groups is 1. The molecule has 4 heterocycles. The van der Waals surface area contributed by atoms with Gasteiger partial charge in [0.1, 0.15) is 29.0 Å². The quantitative estimate of drug-likeness (QED) is 0.153. The van der Waals surface area contributed by atoms with Crippen molar-refractivity contribution in [2.45, 2.75) is 0 Å². The highest BCUT2D eigenvalue weighted by molar-refractivity contribution is 6.07. The first-order chi connectivity index (χ1) is 25.6. The maximum Gasteiger partial charge on any atom is 0.252 e. The third kappa shape index (κ3) is 4.57. The van der Waals surface area contributed by atoms with Crippen molar-refractivity contribution in [3.63, 3.8) is 0 Å². The molecule has 0 bridgehead atoms. The molecule has 10 aromatic rings. The molecule has 12 heteroatoms. The lowest BCUT2D eigenvalue weighted by atomic mass is 10.0. The molecule has 4 aromatic heterocycles. The Hall–Kier alpha value is -7.78. The number of benzene rings is 6. The topological polar surface area (TPSA) is 170 Å². The number of hydrogen-bond acceptors (Lipinski definition) is 9. The summed E-state index contributed by atoms with van der Waals surface area (Å²) in [6, 6.07) is 35.8. The number of fused-ring (bicyclic) bond motifs is 7. The van der Waals surface area contributed by atoms with Crippen LogP contribution in [-0.2, 0) is 0 Å². The number of H-pyrrole nitrogens is 2. The van der Waals surface area contributed by atoms with E-state index in [0.29, 0.717) is 22.6 Å². The zero-order chi connectivity index (χ0) is 34.8. The third-order valence-corrected chi connectivity index (χ3v) is 9.22. The van der Waals surface area contributed by atoms with E-state index in [4.69, 9.17) is 9.97 Å². The van der Waals surface area contributed by atoms with E-state index in [2.05, 4.69) is 59.5 Å². The lowest BCUT2D eigenvalue weighted by Crippen LogP contribution is -2.01. The number of hydrogen-bond donors (Lipinski definition) is 3. The van der Waals surface area contributed by atoms with Crippen LogP contribution in [0.2, 0.25) is 0 Å². The first-order valence-electron chi connectivity index (χ1n) is 16.4. The Labute approximate surface area is 293 Å². The summed E-state index contributed by atoms with van der Waals surface area (Å²) in [6.45, 7) is 0. The summed E-state index contributed by atoms with van der Waals surface area (Å²) in [5, 5.41) is 40.7. The van der Waals surface area contributed by atoms with Crippen molar-refractivity contribution < 1.29 is 5.11 Å². The number of nitrogens with one attached hydrogen (secondary N) is 2. The summed E-state index contributed by atoms with van der Waals surface area (Å²) in [4.78, 5) is 25.4. The van der Waals surface area contributed by atoms with Crippen molar-refractivity contribution >= 4 is 65.9 Å². The zero-order valence-electron chi connectivity index (χ0n) is 27.0. The van der Waals surface area contributed by atoms with Crippen molar-refractivity contribution in [3.05, 3.63) is 127 Å². The number of phenolic OH excluding ortho intramolecular Hbond substituents is 1. The van der Waals surface area contributed by atoms with Crippen LogP contribution in [0.15, 0.2) is 132 Å². The minimum Gasteiger partial charge on any atom is -0.505 e. The minimum absolute atomic E-state index is 0.119. The predicted octanol–water partition coefficient (Wildman–Crippen LogP) is 9.20. The maximum absolute atomic E-state index is 12.0. The van der Waals surface area contributed by atoms with Crippen LogP contribution < -0.4 is 0 Å². The fourth-order valence-corrected chi connectivity index (χ4v) is 6.72. The van der Waals surface area contributed by atoms with E-state index in [1.807, 2.05) is 78.9 Å². The SMILES string of the molecule is N#Cc1cnn(-c2ncccn2)c1N=Nc1c(O)c(-c2nc3c(ccc4ccccc43)[nH]2)cc2cc(-c3nc4c(ccc5ccccc54)[nH]3)ccc12. The van der Waals surface area contributed by atoms with E-state index in [9.17, 15) is 10.4 Å². The highest BCUT2D eigenvalue weighted by atomic mass is 16.3. The van der Waals surface area contributed by atoms with E-state index in [-0.39, 0.29) is 28.8 Å². The fourth-order valence-electron chi connectivity index (χ4n) is 6.72. The molecular formula is C40H23N11O. The molecular weight excluding hydrogens is 651 g/mol. The molecule has 3 N–H and O–H groups in total. The number of rotatable bonds is 5. The van der Waals surface area contributed by atoms with Gasteiger partial charge in [-0.2, -0.15) is 15.0 Å². The highest BCUT2D eigenvalue weighted by Gasteiger charge is 2.21. The molecule has 10 rings (SSSR count). The number of aromatic amines is 2. The standard InChI is InChI=1S/C40H23N11O/c41-20-26-21-44-51(40-42-16-5-17-43-40)39(26)50-49-35-29-13-10-24(37-45-31-14-11-22-6-1-3-8-27(22)33(31)47-37)18-25(29)19-30(36(35)52)38-46-32-15-12-23-7-2-4-9-28(23)34(32)48-38/h1-19,21,52H,(H,45,47)(H,46,48). The zero-order valence-corrected chi connectivity index (χ0v) is 27.0. The van der Waals surface area contributed by atoms with Crippen LogP contribution in [0.1, 0.15) is 5.56 Å². The second kappa shape index (κ2) is 11.4. The molecule has 0 saturated heterocycles. The summed E-state index contributed by atoms with van der Waals surface area (Å²) < 4.78 is 1.33. The average Bonchev–Trinajstić information content (AvgIpc) is 3.95. The molecule has 0 aliphatic heterocycles. The molecule has 0 amide bonds. The number of nitriles is 1. The molecule has 6 aromatic carbocycles. The lowest BCUT2D eigenvalue weighted by molar-refractivity contribution is 0.478. The summed E-state index contributed by atoms with van der Waals surface area (Å²) >= 11 is 0. The number of imidazole rings is 2. The number of nitrogens with zero attached hydrogens (tertiary/aromatic N) is 9. The normalized spacial score (nSPS) is 11.8. The minimum atomic E-state index is -0.136. The summed E-state index contributed by atoms with van der Waals surface area (Å²) in [5.41, 5.74) is 5.04. The molecule has 0 spiro atoms. The van der Waals surface area contributed by atoms with Crippen molar-refractivity contribution in [2.24, 2.45) is 10.2 Å². The van der Waals surface area contributed by atoms with Gasteiger partial charge in [-0.15, -0.1) is 10.2 Å². The molecule has 0 unspecified atom stereocenters. The van der Waals surface area contributed by atoms with Crippen molar-refractivity contribution in [1.82, 2.24) is 39.7 Å². The van der Waals surface area contributed by atoms with Crippen LogP contribution in [0, 0.1) is 11.3 Å². The van der Waals surface area contributed by atoms with E-state index in [1.165, 1.54) is 10.9 Å². The van der Waals surface area contributed by atoms with E-state index in [0.717, 1.165) is 54.6 Å². The summed E-state index contributed by atoms with van der Waals surface area (Å²) in [7, 11) is 0. The fraction of sp³-hybridized carbons (Fsp3) is 0. The molecule has 52 heavy (non-hydrogen) atoms. The van der Waals surface area contributed by atoms with Gasteiger partial charge in [0, 0.05) is 34.1 Å². The van der Waals surface area contributed by atoms with Crippen LogP contribution in [0.5, 0.6) is 5.75 Å². The number of aromatic nitrogens is 8. The van der Waals surface area contributed by atoms with Gasteiger partial charge in [-0.3, -0.25) is 0 Å². The molecule has 0 radical (unpaired) electrons. The number of phenols is 1. The molecule has 0 saturated carbocycles.